The summed E-state index contributed by atoms with van der Waals surface area (Å²) in [4.78, 5) is 17.8. The van der Waals surface area contributed by atoms with Gasteiger partial charge in [-0.05, 0) is 13.0 Å². The monoisotopic (exact) mass is 303 g/mol. The summed E-state index contributed by atoms with van der Waals surface area (Å²) in [5.74, 6) is -0.512. The third-order valence-electron chi connectivity index (χ3n) is 3.09. The highest BCUT2D eigenvalue weighted by Crippen LogP contribution is 2.18. The molecule has 1 amide bonds. The van der Waals surface area contributed by atoms with Gasteiger partial charge in [0.2, 0.25) is 5.88 Å². The minimum Gasteiger partial charge on any atom is -0.468 e. The van der Waals surface area contributed by atoms with E-state index >= 15 is 0 Å². The van der Waals surface area contributed by atoms with Crippen LogP contribution in [0.25, 0.3) is 0 Å². The second-order valence-corrected chi connectivity index (χ2v) is 4.82. The molecule has 8 heteroatoms. The topological polar surface area (TPSA) is 54.5 Å². The lowest BCUT2D eigenvalue weighted by atomic mass is 10.2. The molecule has 0 radical (unpaired) electrons. The molecule has 0 aromatic carbocycles. The molecular formula is C13H16F3N3O2. The van der Waals surface area contributed by atoms with E-state index in [0.717, 1.165) is 0 Å². The number of nitrogens with one attached hydrogen (secondary N) is 1. The Kier molecular flexibility index (Phi) is 4.66. The maximum Gasteiger partial charge on any atom is 0.422 e. The van der Waals surface area contributed by atoms with Crippen LogP contribution in [0.15, 0.2) is 18.2 Å². The number of nitrogens with zero attached hydrogens (tertiary/aromatic N) is 2. The summed E-state index contributed by atoms with van der Waals surface area (Å²) in [6, 6.07) is 4.23. The number of amides is 1. The lowest BCUT2D eigenvalue weighted by Gasteiger charge is -2.33. The first-order chi connectivity index (χ1) is 9.87. The van der Waals surface area contributed by atoms with Gasteiger partial charge in [0.05, 0.1) is 0 Å². The average molecular weight is 303 g/mol. The quantitative estimate of drug-likeness (QED) is 0.918. The molecule has 0 spiro atoms. The lowest BCUT2D eigenvalue weighted by Crippen LogP contribution is -2.52. The van der Waals surface area contributed by atoms with E-state index in [9.17, 15) is 18.0 Å². The Morgan fingerprint density at radius 2 is 2.29 bits per heavy atom. The van der Waals surface area contributed by atoms with Gasteiger partial charge in [0.25, 0.3) is 5.91 Å². The number of piperazine rings is 1. The molecule has 0 saturated carbocycles. The third kappa shape index (κ3) is 4.32. The number of pyridine rings is 1. The minimum atomic E-state index is -4.44. The van der Waals surface area contributed by atoms with Crippen LogP contribution in [0.4, 0.5) is 13.2 Å². The predicted molar refractivity (Wildman–Crippen MR) is 69.2 cm³/mol. The van der Waals surface area contributed by atoms with E-state index in [0.29, 0.717) is 19.6 Å². The van der Waals surface area contributed by atoms with Crippen molar-refractivity contribution in [1.82, 2.24) is 15.2 Å². The van der Waals surface area contributed by atoms with Crippen molar-refractivity contribution in [3.05, 3.63) is 23.9 Å². The van der Waals surface area contributed by atoms with Crippen LogP contribution in [0.2, 0.25) is 0 Å². The molecule has 1 N–H and O–H groups in total. The Morgan fingerprint density at radius 3 is 2.95 bits per heavy atom. The molecule has 0 aliphatic carbocycles. The van der Waals surface area contributed by atoms with Gasteiger partial charge in [-0.3, -0.25) is 4.79 Å². The smallest absolute Gasteiger partial charge is 0.422 e. The van der Waals surface area contributed by atoms with Gasteiger partial charge in [0, 0.05) is 31.7 Å². The first-order valence-electron chi connectivity index (χ1n) is 6.55. The lowest BCUT2D eigenvalue weighted by molar-refractivity contribution is -0.154. The standard InChI is InChI=1S/C13H16F3N3O2/c1-9-7-17-5-6-19(9)12(20)10-3-2-4-11(18-10)21-8-13(14,15)16/h2-4,9,17H,5-8H2,1H3/t9-/m0/s1. The van der Waals surface area contributed by atoms with E-state index in [1.807, 2.05) is 6.92 Å². The number of alkyl halides is 3. The molecule has 0 bridgehead atoms. The molecule has 1 aromatic rings. The van der Waals surface area contributed by atoms with Crippen LogP contribution in [0.5, 0.6) is 5.88 Å². The van der Waals surface area contributed by atoms with Crippen LogP contribution in [0, 0.1) is 0 Å². The fourth-order valence-corrected chi connectivity index (χ4v) is 2.06. The number of carbonyl (C=O) groups is 1. The van der Waals surface area contributed by atoms with Crippen LogP contribution in [-0.4, -0.2) is 54.3 Å². The van der Waals surface area contributed by atoms with E-state index in [2.05, 4.69) is 15.0 Å². The van der Waals surface area contributed by atoms with Crippen LogP contribution in [0.1, 0.15) is 17.4 Å². The van der Waals surface area contributed by atoms with E-state index in [1.54, 1.807) is 4.90 Å². The van der Waals surface area contributed by atoms with Crippen LogP contribution in [0.3, 0.4) is 0 Å². The normalized spacial score (nSPS) is 19.4. The van der Waals surface area contributed by atoms with Gasteiger partial charge in [-0.2, -0.15) is 13.2 Å². The first-order valence-corrected chi connectivity index (χ1v) is 6.55. The maximum absolute atomic E-state index is 12.3. The second-order valence-electron chi connectivity index (χ2n) is 4.82. The number of hydrogen-bond donors (Lipinski definition) is 1. The summed E-state index contributed by atoms with van der Waals surface area (Å²) in [7, 11) is 0. The SMILES string of the molecule is C[C@H]1CNCCN1C(=O)c1cccc(OCC(F)(F)F)n1. The molecule has 21 heavy (non-hydrogen) atoms. The zero-order valence-corrected chi connectivity index (χ0v) is 11.5. The van der Waals surface area contributed by atoms with Gasteiger partial charge >= 0.3 is 6.18 Å². The summed E-state index contributed by atoms with van der Waals surface area (Å²) >= 11 is 0. The molecule has 1 saturated heterocycles. The van der Waals surface area contributed by atoms with Crippen molar-refractivity contribution in [2.24, 2.45) is 0 Å². The number of halogens is 3. The van der Waals surface area contributed by atoms with Crippen molar-refractivity contribution >= 4 is 5.91 Å². The van der Waals surface area contributed by atoms with Crippen molar-refractivity contribution in [3.8, 4) is 5.88 Å². The second kappa shape index (κ2) is 6.30. The van der Waals surface area contributed by atoms with Crippen molar-refractivity contribution in [2.45, 2.75) is 19.1 Å². The number of hydrogen-bond acceptors (Lipinski definition) is 4. The predicted octanol–water partition coefficient (Wildman–Crippen LogP) is 1.46. The van der Waals surface area contributed by atoms with Gasteiger partial charge < -0.3 is 15.0 Å². The Morgan fingerprint density at radius 1 is 1.52 bits per heavy atom. The van der Waals surface area contributed by atoms with E-state index in [-0.39, 0.29) is 23.5 Å². The molecule has 116 valence electrons. The summed E-state index contributed by atoms with van der Waals surface area (Å²) in [6.07, 6.45) is -4.44. The van der Waals surface area contributed by atoms with Crippen molar-refractivity contribution in [2.75, 3.05) is 26.2 Å². The maximum atomic E-state index is 12.3. The van der Waals surface area contributed by atoms with Crippen LogP contribution in [-0.2, 0) is 0 Å². The highest BCUT2D eigenvalue weighted by Gasteiger charge is 2.29. The van der Waals surface area contributed by atoms with Crippen molar-refractivity contribution in [3.63, 3.8) is 0 Å². The molecule has 1 aliphatic heterocycles. The van der Waals surface area contributed by atoms with Gasteiger partial charge in [-0.15, -0.1) is 0 Å². The number of rotatable bonds is 3. The zero-order valence-electron chi connectivity index (χ0n) is 11.5. The van der Waals surface area contributed by atoms with E-state index in [1.165, 1.54) is 18.2 Å². The van der Waals surface area contributed by atoms with Crippen molar-refractivity contribution in [1.29, 1.82) is 0 Å². The molecule has 1 aromatic heterocycles. The molecule has 1 aliphatic rings. The zero-order chi connectivity index (χ0) is 15.5. The Bertz CT molecular complexity index is 508. The van der Waals surface area contributed by atoms with Gasteiger partial charge in [-0.1, -0.05) is 6.07 Å². The molecule has 5 nitrogen and oxygen atoms in total. The summed E-state index contributed by atoms with van der Waals surface area (Å²) in [5, 5.41) is 3.16. The number of aromatic nitrogens is 1. The Balaban J connectivity index is 2.07. The Labute approximate surface area is 120 Å². The van der Waals surface area contributed by atoms with Crippen LogP contribution < -0.4 is 10.1 Å². The fourth-order valence-electron chi connectivity index (χ4n) is 2.06. The van der Waals surface area contributed by atoms with Gasteiger partial charge in [-0.25, -0.2) is 4.98 Å². The molecule has 1 fully saturated rings. The Hall–Kier alpha value is -1.83. The summed E-state index contributed by atoms with van der Waals surface area (Å²) in [5.41, 5.74) is 0.0865. The molecule has 0 unspecified atom stereocenters. The van der Waals surface area contributed by atoms with Crippen molar-refractivity contribution < 1.29 is 22.7 Å². The molecular weight excluding hydrogens is 287 g/mol. The molecule has 1 atom stereocenters. The van der Waals surface area contributed by atoms with Gasteiger partial charge in [0.15, 0.2) is 6.61 Å². The highest BCUT2D eigenvalue weighted by atomic mass is 19.4. The molecule has 2 rings (SSSR count). The number of carbonyl (C=O) groups excluding carboxylic acids is 1. The fraction of sp³-hybridized carbons (Fsp3) is 0.538. The highest BCUT2D eigenvalue weighted by molar-refractivity contribution is 5.92. The largest absolute Gasteiger partial charge is 0.468 e. The number of ether oxygens (including phenoxy) is 1. The van der Waals surface area contributed by atoms with Gasteiger partial charge in [0.1, 0.15) is 5.69 Å². The van der Waals surface area contributed by atoms with Crippen LogP contribution >= 0.6 is 0 Å². The van der Waals surface area contributed by atoms with E-state index in [4.69, 9.17) is 0 Å². The first kappa shape index (κ1) is 15.6. The third-order valence-corrected chi connectivity index (χ3v) is 3.09. The summed E-state index contributed by atoms with van der Waals surface area (Å²) in [6.45, 7) is 2.36. The van der Waals surface area contributed by atoms with E-state index < -0.39 is 12.8 Å². The molecule has 2 heterocycles. The average Bonchev–Trinajstić information content (AvgIpc) is 2.44. The minimum absolute atomic E-state index is 0.00722. The summed E-state index contributed by atoms with van der Waals surface area (Å²) < 4.78 is 40.9.